The van der Waals surface area contributed by atoms with E-state index in [0.29, 0.717) is 5.75 Å². The second-order valence-electron chi connectivity index (χ2n) is 12.1. The number of benzene rings is 1. The first-order valence-corrected chi connectivity index (χ1v) is 16.8. The van der Waals surface area contributed by atoms with Gasteiger partial charge < -0.3 is 28.5 Å². The summed E-state index contributed by atoms with van der Waals surface area (Å²) in [4.78, 5) is 40.7. The Bertz CT molecular complexity index is 1010. The van der Waals surface area contributed by atoms with Crippen molar-refractivity contribution < 1.29 is 37.7 Å². The first-order valence-electron chi connectivity index (χ1n) is 13.6. The zero-order valence-corrected chi connectivity index (χ0v) is 28.0. The van der Waals surface area contributed by atoms with Crippen LogP contribution in [0.15, 0.2) is 30.3 Å². The SMILES string of the molecule is CC(C)OC(=O)[C@H](C)NP(=O)(Oc1ccccc1)SCC(CN(C)C(=O)OC(C)(C)C)CN(C)C(=O)OC(C)(C)C. The standard InChI is InChI=1S/C28H48N3O8PS/c1-20(2)36-24(32)21(3)29-40(35,39-23-15-13-12-14-16-23)41-19-22(17-30(10)25(33)37-27(4,5)6)18-31(11)26(34)38-28(7,8)9/h12-16,20-22H,17-19H2,1-11H3,(H,29,35)/t21-,40?/m0/s1. The van der Waals surface area contributed by atoms with Crippen molar-refractivity contribution in [2.45, 2.75) is 85.7 Å². The third-order valence-electron chi connectivity index (χ3n) is 4.98. The van der Waals surface area contributed by atoms with Gasteiger partial charge in [-0.05, 0) is 85.8 Å². The molecular weight excluding hydrogens is 569 g/mol. The van der Waals surface area contributed by atoms with E-state index in [1.165, 1.54) is 9.80 Å². The molecule has 1 rings (SSSR count). The number of hydrogen-bond donors (Lipinski definition) is 1. The van der Waals surface area contributed by atoms with Gasteiger partial charge in [-0.1, -0.05) is 18.2 Å². The fourth-order valence-corrected chi connectivity index (χ4v) is 7.42. The van der Waals surface area contributed by atoms with Crippen LogP contribution < -0.4 is 9.61 Å². The minimum absolute atomic E-state index is 0.186. The van der Waals surface area contributed by atoms with Crippen LogP contribution in [0.4, 0.5) is 9.59 Å². The molecule has 0 aliphatic rings. The van der Waals surface area contributed by atoms with E-state index in [1.807, 2.05) is 0 Å². The van der Waals surface area contributed by atoms with Gasteiger partial charge in [0.2, 0.25) is 0 Å². The Morgan fingerprint density at radius 3 is 1.76 bits per heavy atom. The highest BCUT2D eigenvalue weighted by atomic mass is 32.7. The number of nitrogens with one attached hydrogen (secondary N) is 1. The van der Waals surface area contributed by atoms with Gasteiger partial charge in [0.15, 0.2) is 0 Å². The number of amides is 2. The van der Waals surface area contributed by atoms with Gasteiger partial charge in [-0.3, -0.25) is 4.79 Å². The van der Waals surface area contributed by atoms with Gasteiger partial charge in [0, 0.05) is 38.9 Å². The van der Waals surface area contributed by atoms with E-state index in [0.717, 1.165) is 11.4 Å². The maximum atomic E-state index is 14.1. The van der Waals surface area contributed by atoms with E-state index in [4.69, 9.17) is 18.7 Å². The van der Waals surface area contributed by atoms with Gasteiger partial charge in [-0.2, -0.15) is 0 Å². The summed E-state index contributed by atoms with van der Waals surface area (Å²) in [5.74, 6) is -0.386. The lowest BCUT2D eigenvalue weighted by Crippen LogP contribution is -2.43. The zero-order valence-electron chi connectivity index (χ0n) is 26.3. The van der Waals surface area contributed by atoms with Crippen molar-refractivity contribution >= 4 is 36.3 Å². The summed E-state index contributed by atoms with van der Waals surface area (Å²) in [6, 6.07) is 7.69. The third kappa shape index (κ3) is 15.4. The van der Waals surface area contributed by atoms with E-state index >= 15 is 0 Å². The highest BCUT2D eigenvalue weighted by Gasteiger charge is 2.34. The number of carbonyl (C=O) groups excluding carboxylic acids is 3. The molecule has 0 saturated heterocycles. The van der Waals surface area contributed by atoms with E-state index in [-0.39, 0.29) is 30.9 Å². The third-order valence-corrected chi connectivity index (χ3v) is 9.10. The number of rotatable bonds is 13. The van der Waals surface area contributed by atoms with Crippen LogP contribution in [0.25, 0.3) is 0 Å². The topological polar surface area (TPSA) is 124 Å². The van der Waals surface area contributed by atoms with E-state index < -0.39 is 42.1 Å². The Labute approximate surface area is 249 Å². The van der Waals surface area contributed by atoms with E-state index in [1.54, 1.807) is 107 Å². The first kappa shape index (κ1) is 36.6. The molecule has 0 aliphatic heterocycles. The smallest absolute Gasteiger partial charge is 0.410 e. The molecule has 2 amide bonds. The van der Waals surface area contributed by atoms with Crippen molar-refractivity contribution in [3.63, 3.8) is 0 Å². The lowest BCUT2D eigenvalue weighted by atomic mass is 10.1. The predicted octanol–water partition coefficient (Wildman–Crippen LogP) is 6.19. The number of ether oxygens (including phenoxy) is 3. The highest BCUT2D eigenvalue weighted by molar-refractivity contribution is 8.56. The Hall–Kier alpha value is -2.43. The van der Waals surface area contributed by atoms with Crippen LogP contribution in [0.5, 0.6) is 5.75 Å². The molecule has 41 heavy (non-hydrogen) atoms. The molecule has 1 aromatic carbocycles. The average Bonchev–Trinajstić information content (AvgIpc) is 2.80. The van der Waals surface area contributed by atoms with Crippen molar-refractivity contribution in [1.29, 1.82) is 0 Å². The molecular formula is C28H48N3O8PS. The van der Waals surface area contributed by atoms with Crippen LogP contribution >= 0.6 is 18.1 Å². The minimum atomic E-state index is -3.75. The maximum absolute atomic E-state index is 14.1. The lowest BCUT2D eigenvalue weighted by molar-refractivity contribution is -0.149. The second-order valence-corrected chi connectivity index (χ2v) is 16.4. The normalized spacial score (nSPS) is 14.2. The molecule has 0 bridgehead atoms. The summed E-state index contributed by atoms with van der Waals surface area (Å²) in [5, 5.41) is 2.83. The maximum Gasteiger partial charge on any atom is 0.410 e. The molecule has 0 saturated carbocycles. The molecule has 0 spiro atoms. The van der Waals surface area contributed by atoms with Gasteiger partial charge in [-0.25, -0.2) is 19.2 Å². The highest BCUT2D eigenvalue weighted by Crippen LogP contribution is 2.56. The van der Waals surface area contributed by atoms with Gasteiger partial charge in [0.1, 0.15) is 23.0 Å². The summed E-state index contributed by atoms with van der Waals surface area (Å²) in [7, 11) is 3.20. The summed E-state index contributed by atoms with van der Waals surface area (Å²) in [5.41, 5.74) is -1.38. The van der Waals surface area contributed by atoms with Crippen molar-refractivity contribution in [2.75, 3.05) is 32.9 Å². The quantitative estimate of drug-likeness (QED) is 0.156. The minimum Gasteiger partial charge on any atom is -0.462 e. The van der Waals surface area contributed by atoms with Gasteiger partial charge in [0.25, 0.3) is 0 Å². The number of carbonyl (C=O) groups is 3. The number of nitrogens with zero attached hydrogens (tertiary/aromatic N) is 2. The van der Waals surface area contributed by atoms with Crippen LogP contribution in [0.2, 0.25) is 0 Å². The van der Waals surface area contributed by atoms with Crippen molar-refractivity contribution in [3.05, 3.63) is 30.3 Å². The lowest BCUT2D eigenvalue weighted by Gasteiger charge is -2.31. The van der Waals surface area contributed by atoms with Crippen LogP contribution in [0.3, 0.4) is 0 Å². The monoisotopic (exact) mass is 617 g/mol. The van der Waals surface area contributed by atoms with Crippen molar-refractivity contribution in [3.8, 4) is 5.75 Å². The molecule has 0 aliphatic carbocycles. The number of para-hydroxylation sites is 1. The van der Waals surface area contributed by atoms with Crippen LogP contribution in [-0.4, -0.2) is 84.2 Å². The summed E-state index contributed by atoms with van der Waals surface area (Å²) in [6.45, 7) is 12.3. The van der Waals surface area contributed by atoms with E-state index in [9.17, 15) is 18.9 Å². The molecule has 0 radical (unpaired) electrons. The number of esters is 1. The van der Waals surface area contributed by atoms with Gasteiger partial charge in [-0.15, -0.1) is 0 Å². The van der Waals surface area contributed by atoms with Crippen LogP contribution in [0, 0.1) is 5.92 Å². The summed E-state index contributed by atoms with van der Waals surface area (Å²) in [6.07, 6.45) is -1.40. The summed E-state index contributed by atoms with van der Waals surface area (Å²) >= 11 is 0.982. The summed E-state index contributed by atoms with van der Waals surface area (Å²) < 4.78 is 36.3. The fourth-order valence-electron chi connectivity index (χ4n) is 3.30. The fraction of sp³-hybridized carbons (Fsp3) is 0.679. The Kier molecular flexibility index (Phi) is 14.0. The zero-order chi connectivity index (χ0) is 31.6. The number of hydrogen-bond acceptors (Lipinski definition) is 9. The molecule has 0 heterocycles. The predicted molar refractivity (Wildman–Crippen MR) is 162 cm³/mol. The molecule has 1 unspecified atom stereocenters. The molecule has 1 aromatic rings. The first-order chi connectivity index (χ1) is 18.7. The Balaban J connectivity index is 3.20. The Morgan fingerprint density at radius 1 is 0.878 bits per heavy atom. The van der Waals surface area contributed by atoms with Crippen LogP contribution in [-0.2, 0) is 23.6 Å². The molecule has 234 valence electrons. The average molecular weight is 618 g/mol. The molecule has 1 N–H and O–H groups in total. The molecule has 0 aromatic heterocycles. The molecule has 11 nitrogen and oxygen atoms in total. The molecule has 13 heteroatoms. The van der Waals surface area contributed by atoms with E-state index in [2.05, 4.69) is 5.09 Å². The second kappa shape index (κ2) is 15.7. The Morgan fingerprint density at radius 2 is 1.34 bits per heavy atom. The molecule has 2 atom stereocenters. The van der Waals surface area contributed by atoms with Gasteiger partial charge in [0.05, 0.1) is 6.10 Å². The molecule has 0 fully saturated rings. The van der Waals surface area contributed by atoms with Crippen LogP contribution in [0.1, 0.15) is 62.3 Å². The van der Waals surface area contributed by atoms with Gasteiger partial charge >= 0.3 is 24.9 Å². The largest absolute Gasteiger partial charge is 0.462 e. The van der Waals surface area contributed by atoms with Crippen molar-refractivity contribution in [1.82, 2.24) is 14.9 Å². The van der Waals surface area contributed by atoms with Crippen molar-refractivity contribution in [2.24, 2.45) is 5.92 Å².